The first kappa shape index (κ1) is 27.9. The number of alkyl halides is 3. The zero-order valence-corrected chi connectivity index (χ0v) is 18.8. The van der Waals surface area contributed by atoms with Gasteiger partial charge in [-0.1, -0.05) is 13.8 Å². The molecule has 0 aromatic carbocycles. The van der Waals surface area contributed by atoms with Gasteiger partial charge in [0.2, 0.25) is 0 Å². The van der Waals surface area contributed by atoms with Crippen LogP contribution in [-0.4, -0.2) is 69.0 Å². The molecule has 0 aliphatic carbocycles. The first-order valence-corrected chi connectivity index (χ1v) is 9.24. The van der Waals surface area contributed by atoms with Gasteiger partial charge in [-0.3, -0.25) is 4.99 Å². The van der Waals surface area contributed by atoms with E-state index in [0.29, 0.717) is 18.9 Å². The molecule has 0 aromatic rings. The van der Waals surface area contributed by atoms with E-state index >= 15 is 0 Å². The van der Waals surface area contributed by atoms with Crippen LogP contribution in [0.25, 0.3) is 0 Å². The molecule has 5 nitrogen and oxygen atoms in total. The molecule has 0 rings (SSSR count). The zero-order chi connectivity index (χ0) is 19.1. The summed E-state index contributed by atoms with van der Waals surface area (Å²) in [5.74, 6) is 0.702. The molecule has 0 saturated heterocycles. The normalized spacial score (nSPS) is 13.5. The summed E-state index contributed by atoms with van der Waals surface area (Å²) in [5.41, 5.74) is 0. The smallest absolute Gasteiger partial charge is 0.372 e. The second kappa shape index (κ2) is 16.9. The van der Waals surface area contributed by atoms with Gasteiger partial charge in [-0.05, 0) is 52.7 Å². The van der Waals surface area contributed by atoms with Crippen molar-refractivity contribution in [3.63, 3.8) is 0 Å². The van der Waals surface area contributed by atoms with Crippen molar-refractivity contribution in [2.24, 2.45) is 4.99 Å². The molecule has 0 amide bonds. The molecule has 0 radical (unpaired) electrons. The van der Waals surface area contributed by atoms with Gasteiger partial charge in [0.15, 0.2) is 5.96 Å². The highest BCUT2D eigenvalue weighted by atomic mass is 127. The van der Waals surface area contributed by atoms with Gasteiger partial charge in [0, 0.05) is 25.7 Å². The van der Waals surface area contributed by atoms with Crippen molar-refractivity contribution in [1.82, 2.24) is 15.5 Å². The maximum absolute atomic E-state index is 12.0. The number of hydrogen-bond acceptors (Lipinski definition) is 3. The second-order valence-electron chi connectivity index (χ2n) is 6.00. The van der Waals surface area contributed by atoms with E-state index in [1.54, 1.807) is 0 Å². The summed E-state index contributed by atoms with van der Waals surface area (Å²) < 4.78 is 40.5. The van der Waals surface area contributed by atoms with Gasteiger partial charge in [-0.2, -0.15) is 13.2 Å². The van der Waals surface area contributed by atoms with E-state index in [2.05, 4.69) is 46.0 Å². The fourth-order valence-electron chi connectivity index (χ4n) is 2.33. The highest BCUT2D eigenvalue weighted by molar-refractivity contribution is 14.0. The Morgan fingerprint density at radius 3 is 2.35 bits per heavy atom. The van der Waals surface area contributed by atoms with E-state index in [0.717, 1.165) is 39.0 Å². The van der Waals surface area contributed by atoms with Crippen LogP contribution in [0.2, 0.25) is 0 Å². The van der Waals surface area contributed by atoms with Crippen LogP contribution >= 0.6 is 24.0 Å². The molecule has 1 atom stereocenters. The Kier molecular flexibility index (Phi) is 18.1. The topological polar surface area (TPSA) is 48.9 Å². The molecular formula is C17H36F3IN4O. The lowest BCUT2D eigenvalue weighted by Gasteiger charge is -2.21. The first-order chi connectivity index (χ1) is 11.8. The molecular weight excluding hydrogens is 460 g/mol. The van der Waals surface area contributed by atoms with Crippen molar-refractivity contribution in [1.29, 1.82) is 0 Å². The predicted molar refractivity (Wildman–Crippen MR) is 113 cm³/mol. The summed E-state index contributed by atoms with van der Waals surface area (Å²) in [6, 6.07) is 0.287. The molecule has 0 bridgehead atoms. The molecule has 0 aliphatic heterocycles. The Balaban J connectivity index is 0. The maximum Gasteiger partial charge on any atom is 0.411 e. The summed E-state index contributed by atoms with van der Waals surface area (Å²) in [6.45, 7) is 11.7. The van der Waals surface area contributed by atoms with E-state index in [-0.39, 0.29) is 36.6 Å². The van der Waals surface area contributed by atoms with E-state index in [4.69, 9.17) is 0 Å². The Bertz CT molecular complexity index is 353. The van der Waals surface area contributed by atoms with Gasteiger partial charge in [0.05, 0.1) is 0 Å². The van der Waals surface area contributed by atoms with Gasteiger partial charge < -0.3 is 20.3 Å². The van der Waals surface area contributed by atoms with Crippen LogP contribution < -0.4 is 10.6 Å². The molecule has 9 heteroatoms. The lowest BCUT2D eigenvalue weighted by Crippen LogP contribution is -2.42. The molecule has 1 unspecified atom stereocenters. The number of ether oxygens (including phenoxy) is 1. The quantitative estimate of drug-likeness (QED) is 0.177. The van der Waals surface area contributed by atoms with Crippen LogP contribution in [0.1, 0.15) is 47.0 Å². The number of aliphatic imine (C=N–C) groups is 1. The van der Waals surface area contributed by atoms with Gasteiger partial charge in [-0.25, -0.2) is 0 Å². The van der Waals surface area contributed by atoms with E-state index in [1.807, 2.05) is 6.92 Å². The average molecular weight is 496 g/mol. The molecule has 0 heterocycles. The summed E-state index contributed by atoms with van der Waals surface area (Å²) in [5, 5.41) is 6.50. The van der Waals surface area contributed by atoms with Crippen LogP contribution in [0.4, 0.5) is 13.2 Å². The Morgan fingerprint density at radius 1 is 1.15 bits per heavy atom. The molecule has 26 heavy (non-hydrogen) atoms. The van der Waals surface area contributed by atoms with Crippen molar-refractivity contribution in [3.05, 3.63) is 0 Å². The fraction of sp³-hybridized carbons (Fsp3) is 0.941. The van der Waals surface area contributed by atoms with Gasteiger partial charge in [0.1, 0.15) is 6.61 Å². The van der Waals surface area contributed by atoms with Crippen LogP contribution in [-0.2, 0) is 4.74 Å². The van der Waals surface area contributed by atoms with E-state index in [9.17, 15) is 13.2 Å². The molecule has 0 saturated carbocycles. The van der Waals surface area contributed by atoms with Crippen LogP contribution in [0.3, 0.4) is 0 Å². The van der Waals surface area contributed by atoms with Crippen molar-refractivity contribution in [2.75, 3.05) is 45.9 Å². The first-order valence-electron chi connectivity index (χ1n) is 9.24. The van der Waals surface area contributed by atoms with Crippen molar-refractivity contribution in [2.45, 2.75) is 59.2 Å². The number of rotatable bonds is 13. The second-order valence-corrected chi connectivity index (χ2v) is 6.00. The van der Waals surface area contributed by atoms with Gasteiger partial charge in [0.25, 0.3) is 0 Å². The fourth-order valence-corrected chi connectivity index (χ4v) is 2.33. The summed E-state index contributed by atoms with van der Waals surface area (Å²) >= 11 is 0. The Labute approximate surface area is 173 Å². The summed E-state index contributed by atoms with van der Waals surface area (Å²) in [7, 11) is 0. The predicted octanol–water partition coefficient (Wildman–Crippen LogP) is 3.64. The highest BCUT2D eigenvalue weighted by Gasteiger charge is 2.27. The average Bonchev–Trinajstić information content (AvgIpc) is 2.54. The van der Waals surface area contributed by atoms with E-state index in [1.165, 1.54) is 0 Å². The molecule has 0 aromatic heterocycles. The highest BCUT2D eigenvalue weighted by Crippen LogP contribution is 2.14. The monoisotopic (exact) mass is 496 g/mol. The van der Waals surface area contributed by atoms with Crippen LogP contribution in [0, 0.1) is 0 Å². The number of halogens is 4. The number of guanidine groups is 1. The lowest BCUT2D eigenvalue weighted by molar-refractivity contribution is -0.173. The lowest BCUT2D eigenvalue weighted by atomic mass is 10.2. The molecule has 0 spiro atoms. The van der Waals surface area contributed by atoms with Crippen molar-refractivity contribution in [3.8, 4) is 0 Å². The minimum atomic E-state index is -4.26. The summed E-state index contributed by atoms with van der Waals surface area (Å²) in [4.78, 5) is 6.78. The number of nitrogens with zero attached hydrogens (tertiary/aromatic N) is 2. The molecule has 0 fully saturated rings. The molecule has 2 N–H and O–H groups in total. The standard InChI is InChI=1S/C17H35F3N4O.HI/c1-5-21-16(22-11-9-13-25-14-17(18,19)20)23-15(4)10-8-12-24(6-2)7-3;/h15H,5-14H2,1-4H3,(H2,21,22,23);1H. The van der Waals surface area contributed by atoms with Crippen LogP contribution in [0.15, 0.2) is 4.99 Å². The third kappa shape index (κ3) is 17.1. The summed E-state index contributed by atoms with van der Waals surface area (Å²) in [6.07, 6.45) is -1.65. The molecule has 158 valence electrons. The SMILES string of the molecule is CCNC(=NCCCOCC(F)(F)F)NC(C)CCCN(CC)CC.I. The van der Waals surface area contributed by atoms with Crippen molar-refractivity contribution < 1.29 is 17.9 Å². The van der Waals surface area contributed by atoms with Gasteiger partial charge >= 0.3 is 6.18 Å². The van der Waals surface area contributed by atoms with Gasteiger partial charge in [-0.15, -0.1) is 24.0 Å². The third-order valence-electron chi connectivity index (χ3n) is 3.72. The minimum Gasteiger partial charge on any atom is -0.372 e. The van der Waals surface area contributed by atoms with E-state index < -0.39 is 12.8 Å². The largest absolute Gasteiger partial charge is 0.411 e. The Hall–Kier alpha value is -0.290. The number of hydrogen-bond donors (Lipinski definition) is 2. The number of nitrogens with one attached hydrogen (secondary N) is 2. The maximum atomic E-state index is 12.0. The minimum absolute atomic E-state index is 0. The van der Waals surface area contributed by atoms with Crippen LogP contribution in [0.5, 0.6) is 0 Å². The third-order valence-corrected chi connectivity index (χ3v) is 3.72. The molecule has 0 aliphatic rings. The Morgan fingerprint density at radius 2 is 1.81 bits per heavy atom. The zero-order valence-electron chi connectivity index (χ0n) is 16.5. The van der Waals surface area contributed by atoms with Crippen molar-refractivity contribution >= 4 is 29.9 Å².